The van der Waals surface area contributed by atoms with Gasteiger partial charge in [-0.2, -0.15) is 39.5 Å². The van der Waals surface area contributed by atoms with Gasteiger partial charge in [-0.1, -0.05) is 23.7 Å². The highest BCUT2D eigenvalue weighted by molar-refractivity contribution is 14.1. The zero-order valence-corrected chi connectivity index (χ0v) is 22.8. The smallest absolute Gasteiger partial charge is 0.322 e. The van der Waals surface area contributed by atoms with Crippen LogP contribution in [0.4, 0.5) is 58.4 Å². The maximum Gasteiger partial charge on any atom is 0.435 e. The normalized spacial score (nSPS) is 12.8. The molecule has 0 aliphatic heterocycles. The molecule has 42 heavy (non-hydrogen) atoms. The van der Waals surface area contributed by atoms with Crippen molar-refractivity contribution in [2.75, 3.05) is 5.32 Å². The van der Waals surface area contributed by atoms with Gasteiger partial charge in [0.05, 0.1) is 16.1 Å². The first kappa shape index (κ1) is 33.5. The number of carbonyl (C=O) groups is 2. The standard InChI is InChI=1S/C25H11ClF12INO2/c26-16-9-18(28)17(27)7-14(16)21(42)40-12-3-1-2-10(4-12)20(41)8-13-15(23(30,31)32)5-11(6-19(13)39)22(29,24(33,34)35)25(36,37)38/h1-7,9H,8H2,(H,40,42). The third-order valence-corrected chi connectivity index (χ3v) is 6.99. The molecule has 0 bridgehead atoms. The summed E-state index contributed by atoms with van der Waals surface area (Å²) in [6.07, 6.45) is -20.2. The van der Waals surface area contributed by atoms with Crippen LogP contribution >= 0.6 is 34.2 Å². The summed E-state index contributed by atoms with van der Waals surface area (Å²) in [7, 11) is 0. The number of anilines is 1. The molecule has 0 heterocycles. The molecular formula is C25H11ClF12INO2. The predicted octanol–water partition coefficient (Wildman–Crippen LogP) is 9.21. The lowest BCUT2D eigenvalue weighted by Gasteiger charge is -2.31. The maximum atomic E-state index is 14.5. The molecular weight excluding hydrogens is 737 g/mol. The molecule has 3 aromatic carbocycles. The van der Waals surface area contributed by atoms with E-state index in [1.54, 1.807) is 0 Å². The van der Waals surface area contributed by atoms with Gasteiger partial charge in [0.25, 0.3) is 5.91 Å². The molecule has 3 nitrogen and oxygen atoms in total. The lowest BCUT2D eigenvalue weighted by Crippen LogP contribution is -2.50. The fraction of sp³-hybridized carbons (Fsp3) is 0.200. The minimum Gasteiger partial charge on any atom is -0.322 e. The maximum absolute atomic E-state index is 14.5. The summed E-state index contributed by atoms with van der Waals surface area (Å²) in [5.41, 5.74) is -12.7. The van der Waals surface area contributed by atoms with Crippen LogP contribution in [0.5, 0.6) is 0 Å². The zero-order valence-electron chi connectivity index (χ0n) is 19.9. The third kappa shape index (κ3) is 6.63. The van der Waals surface area contributed by atoms with Gasteiger partial charge in [-0.3, -0.25) is 9.59 Å². The van der Waals surface area contributed by atoms with E-state index in [0.29, 0.717) is 12.1 Å². The fourth-order valence-electron chi connectivity index (χ4n) is 3.68. The summed E-state index contributed by atoms with van der Waals surface area (Å²) < 4.78 is 161. The summed E-state index contributed by atoms with van der Waals surface area (Å²) in [6, 6.07) is 4.63. The van der Waals surface area contributed by atoms with Gasteiger partial charge in [0.2, 0.25) is 0 Å². The quantitative estimate of drug-likeness (QED) is 0.118. The molecule has 0 spiro atoms. The number of carbonyl (C=O) groups excluding carboxylic acids is 2. The molecule has 0 radical (unpaired) electrons. The van der Waals surface area contributed by atoms with E-state index >= 15 is 0 Å². The predicted molar refractivity (Wildman–Crippen MR) is 133 cm³/mol. The van der Waals surface area contributed by atoms with Crippen molar-refractivity contribution in [2.45, 2.75) is 30.6 Å². The Morgan fingerprint density at radius 2 is 1.38 bits per heavy atom. The SMILES string of the molecule is O=C(Cc1c(I)cc(C(F)(C(F)(F)F)C(F)(F)F)cc1C(F)(F)F)c1cccc(NC(=O)c2cc(F)c(F)cc2Cl)c1. The van der Waals surface area contributed by atoms with Crippen LogP contribution in [0.2, 0.25) is 5.02 Å². The van der Waals surface area contributed by atoms with Crippen LogP contribution in [0.3, 0.4) is 0 Å². The van der Waals surface area contributed by atoms with E-state index in [-0.39, 0.29) is 17.3 Å². The van der Waals surface area contributed by atoms with Crippen molar-refractivity contribution >= 4 is 51.6 Å². The third-order valence-electron chi connectivity index (χ3n) is 5.71. The van der Waals surface area contributed by atoms with E-state index in [9.17, 15) is 62.3 Å². The molecule has 0 unspecified atom stereocenters. The van der Waals surface area contributed by atoms with Gasteiger partial charge in [-0.25, -0.2) is 13.2 Å². The highest BCUT2D eigenvalue weighted by Gasteiger charge is 2.73. The average molecular weight is 748 g/mol. The molecule has 1 amide bonds. The molecule has 1 N–H and O–H groups in total. The van der Waals surface area contributed by atoms with Crippen LogP contribution in [0.1, 0.15) is 37.4 Å². The molecule has 0 fully saturated rings. The molecule has 0 saturated heterocycles. The first-order valence-electron chi connectivity index (χ1n) is 10.9. The molecule has 0 atom stereocenters. The molecule has 3 rings (SSSR count). The second-order valence-corrected chi connectivity index (χ2v) is 10.1. The van der Waals surface area contributed by atoms with Gasteiger partial charge in [0, 0.05) is 26.8 Å². The second-order valence-electron chi connectivity index (χ2n) is 8.52. The van der Waals surface area contributed by atoms with Crippen molar-refractivity contribution in [1.82, 2.24) is 0 Å². The Hall–Kier alpha value is -3.02. The van der Waals surface area contributed by atoms with Crippen LogP contribution in [0.25, 0.3) is 0 Å². The Balaban J connectivity index is 1.99. The van der Waals surface area contributed by atoms with E-state index in [0.717, 1.165) is 40.8 Å². The molecule has 17 heteroatoms. The Bertz CT molecular complexity index is 1540. The van der Waals surface area contributed by atoms with Crippen molar-refractivity contribution in [1.29, 1.82) is 0 Å². The minimum absolute atomic E-state index is 0.0817. The van der Waals surface area contributed by atoms with Gasteiger partial charge in [0.1, 0.15) is 0 Å². The average Bonchev–Trinajstić information content (AvgIpc) is 2.84. The van der Waals surface area contributed by atoms with E-state index in [1.165, 1.54) is 6.07 Å². The number of amides is 1. The molecule has 0 aliphatic carbocycles. The highest BCUT2D eigenvalue weighted by Crippen LogP contribution is 2.54. The molecule has 226 valence electrons. The Morgan fingerprint density at radius 3 is 1.93 bits per heavy atom. The largest absolute Gasteiger partial charge is 0.435 e. The highest BCUT2D eigenvalue weighted by atomic mass is 127. The number of Topliss-reactive ketones (excluding diaryl/α,β-unsaturated/α-hetero) is 1. The number of rotatable bonds is 6. The van der Waals surface area contributed by atoms with Gasteiger partial charge >= 0.3 is 24.2 Å². The van der Waals surface area contributed by atoms with Crippen molar-refractivity contribution in [2.24, 2.45) is 0 Å². The number of ketones is 1. The van der Waals surface area contributed by atoms with Crippen molar-refractivity contribution in [3.63, 3.8) is 0 Å². The molecule has 0 saturated carbocycles. The first-order chi connectivity index (χ1) is 19.1. The van der Waals surface area contributed by atoms with E-state index < -0.39 is 90.9 Å². The van der Waals surface area contributed by atoms with E-state index in [2.05, 4.69) is 5.32 Å². The van der Waals surface area contributed by atoms with Crippen molar-refractivity contribution in [3.8, 4) is 0 Å². The van der Waals surface area contributed by atoms with Gasteiger partial charge in [-0.05, 0) is 64.6 Å². The van der Waals surface area contributed by atoms with Crippen LogP contribution in [0, 0.1) is 15.2 Å². The summed E-state index contributed by atoms with van der Waals surface area (Å²) in [4.78, 5) is 25.3. The Morgan fingerprint density at radius 1 is 0.810 bits per heavy atom. The van der Waals surface area contributed by atoms with Crippen LogP contribution < -0.4 is 5.32 Å². The van der Waals surface area contributed by atoms with Gasteiger partial charge < -0.3 is 5.32 Å². The summed E-state index contributed by atoms with van der Waals surface area (Å²) >= 11 is 6.69. The number of nitrogens with one attached hydrogen (secondary N) is 1. The molecule has 0 aliphatic rings. The first-order valence-corrected chi connectivity index (χ1v) is 12.3. The Labute approximate surface area is 246 Å². The van der Waals surface area contributed by atoms with Crippen LogP contribution in [0.15, 0.2) is 48.5 Å². The van der Waals surface area contributed by atoms with E-state index in [4.69, 9.17) is 11.6 Å². The fourth-order valence-corrected chi connectivity index (χ4v) is 4.74. The summed E-state index contributed by atoms with van der Waals surface area (Å²) in [5.74, 6) is -4.97. The summed E-state index contributed by atoms with van der Waals surface area (Å²) in [5, 5.41) is 1.72. The summed E-state index contributed by atoms with van der Waals surface area (Å²) in [6.45, 7) is 0. The van der Waals surface area contributed by atoms with Gasteiger partial charge in [0.15, 0.2) is 17.4 Å². The monoisotopic (exact) mass is 747 g/mol. The van der Waals surface area contributed by atoms with Crippen molar-refractivity contribution in [3.05, 3.63) is 96.6 Å². The van der Waals surface area contributed by atoms with E-state index in [1.807, 2.05) is 0 Å². The number of alkyl halides is 10. The molecule has 0 aromatic heterocycles. The lowest BCUT2D eigenvalue weighted by atomic mass is 9.89. The number of hydrogen-bond acceptors (Lipinski definition) is 2. The zero-order chi connectivity index (χ0) is 32.0. The van der Waals surface area contributed by atoms with Gasteiger partial charge in [-0.15, -0.1) is 0 Å². The number of benzene rings is 3. The Kier molecular flexibility index (Phi) is 9.23. The van der Waals surface area contributed by atoms with Crippen LogP contribution in [-0.2, 0) is 18.3 Å². The topological polar surface area (TPSA) is 46.2 Å². The van der Waals surface area contributed by atoms with Crippen LogP contribution in [-0.4, -0.2) is 24.0 Å². The number of halogens is 14. The molecule has 3 aromatic rings. The second kappa shape index (κ2) is 11.6. The lowest BCUT2D eigenvalue weighted by molar-refractivity contribution is -0.348. The minimum atomic E-state index is -6.68. The van der Waals surface area contributed by atoms with Crippen molar-refractivity contribution < 1.29 is 62.3 Å². The number of hydrogen-bond donors (Lipinski definition) is 1.